The Kier molecular flexibility index (Phi) is 4.44. The number of aromatic nitrogens is 1. The lowest BCUT2D eigenvalue weighted by molar-refractivity contribution is -0.121. The number of benzene rings is 1. The molecule has 0 spiro atoms. The number of carbonyl (C=O) groups excluding carboxylic acids is 1. The molecular formula is C19H21N3O. The number of carbonyl (C=O) groups is 1. The van der Waals surface area contributed by atoms with E-state index in [1.165, 1.54) is 0 Å². The van der Waals surface area contributed by atoms with Crippen LogP contribution in [0.2, 0.25) is 0 Å². The molecule has 23 heavy (non-hydrogen) atoms. The molecule has 4 heteroatoms. The van der Waals surface area contributed by atoms with Gasteiger partial charge >= 0.3 is 0 Å². The highest BCUT2D eigenvalue weighted by Crippen LogP contribution is 2.22. The third kappa shape index (κ3) is 3.43. The van der Waals surface area contributed by atoms with E-state index in [9.17, 15) is 4.79 Å². The van der Waals surface area contributed by atoms with Crippen molar-refractivity contribution in [2.45, 2.75) is 25.8 Å². The van der Waals surface area contributed by atoms with E-state index in [4.69, 9.17) is 5.73 Å². The predicted molar refractivity (Wildman–Crippen MR) is 93.8 cm³/mol. The van der Waals surface area contributed by atoms with Crippen LogP contribution in [0.3, 0.4) is 0 Å². The molecule has 0 saturated carbocycles. The maximum atomic E-state index is 12.4. The highest BCUT2D eigenvalue weighted by atomic mass is 16.2. The van der Waals surface area contributed by atoms with E-state index in [1.54, 1.807) is 0 Å². The van der Waals surface area contributed by atoms with Gasteiger partial charge in [-0.15, -0.1) is 0 Å². The van der Waals surface area contributed by atoms with Gasteiger partial charge in [0, 0.05) is 22.3 Å². The number of allylic oxidation sites excluding steroid dienone is 5. The third-order valence-electron chi connectivity index (χ3n) is 4.05. The number of aromatic amines is 1. The third-order valence-corrected chi connectivity index (χ3v) is 4.05. The molecule has 1 aliphatic carbocycles. The molecule has 2 aromatic rings. The molecule has 0 bridgehead atoms. The number of nitrogens with two attached hydrogens (primary N) is 1. The van der Waals surface area contributed by atoms with Crippen molar-refractivity contribution < 1.29 is 4.79 Å². The van der Waals surface area contributed by atoms with E-state index in [-0.39, 0.29) is 5.91 Å². The highest BCUT2D eigenvalue weighted by molar-refractivity contribution is 5.87. The number of hydrogen-bond acceptors (Lipinski definition) is 2. The molecule has 0 fully saturated rings. The highest BCUT2D eigenvalue weighted by Gasteiger charge is 2.18. The van der Waals surface area contributed by atoms with Crippen LogP contribution in [0.25, 0.3) is 10.9 Å². The molecule has 118 valence electrons. The number of nitrogens with one attached hydrogen (secondary N) is 2. The van der Waals surface area contributed by atoms with E-state index in [1.807, 2.05) is 55.5 Å². The molecular weight excluding hydrogens is 286 g/mol. The number of fused-ring (bicyclic) bond motifs is 1. The topological polar surface area (TPSA) is 70.9 Å². The summed E-state index contributed by atoms with van der Waals surface area (Å²) in [5.41, 5.74) is 10.2. The summed E-state index contributed by atoms with van der Waals surface area (Å²) >= 11 is 0. The van der Waals surface area contributed by atoms with Gasteiger partial charge in [0.15, 0.2) is 0 Å². The summed E-state index contributed by atoms with van der Waals surface area (Å²) in [6, 6.07) is 7.50. The maximum Gasteiger partial charge on any atom is 0.241 e. The first-order valence-corrected chi connectivity index (χ1v) is 7.81. The number of rotatable bonds is 4. The van der Waals surface area contributed by atoms with Gasteiger partial charge in [-0.05, 0) is 37.5 Å². The molecule has 4 nitrogen and oxygen atoms in total. The summed E-state index contributed by atoms with van der Waals surface area (Å²) in [4.78, 5) is 15.7. The molecule has 4 N–H and O–H groups in total. The number of H-pyrrole nitrogens is 1. The van der Waals surface area contributed by atoms with Crippen molar-refractivity contribution in [3.05, 3.63) is 71.6 Å². The first-order valence-electron chi connectivity index (χ1n) is 7.81. The van der Waals surface area contributed by atoms with Gasteiger partial charge in [-0.2, -0.15) is 0 Å². The molecule has 1 atom stereocenters. The Balaban J connectivity index is 1.73. The average Bonchev–Trinajstić information content (AvgIpc) is 2.72. The van der Waals surface area contributed by atoms with E-state index >= 15 is 0 Å². The average molecular weight is 307 g/mol. The summed E-state index contributed by atoms with van der Waals surface area (Å²) in [6.07, 6.45) is 11.1. The van der Waals surface area contributed by atoms with Crippen molar-refractivity contribution in [3.8, 4) is 0 Å². The van der Waals surface area contributed by atoms with Crippen molar-refractivity contribution in [1.29, 1.82) is 0 Å². The lowest BCUT2D eigenvalue weighted by atomic mass is 10.0. The molecule has 1 aliphatic rings. The first kappa shape index (κ1) is 15.3. The summed E-state index contributed by atoms with van der Waals surface area (Å²) in [6.45, 7) is 2.02. The lowest BCUT2D eigenvalue weighted by Crippen LogP contribution is -2.41. The molecule has 1 aromatic carbocycles. The number of para-hydroxylation sites is 1. The number of hydrogen-bond donors (Lipinski definition) is 3. The van der Waals surface area contributed by atoms with Crippen LogP contribution in [0.5, 0.6) is 0 Å². The summed E-state index contributed by atoms with van der Waals surface area (Å²) in [7, 11) is 0. The fourth-order valence-electron chi connectivity index (χ4n) is 2.82. The molecule has 1 amide bonds. The van der Waals surface area contributed by atoms with Gasteiger partial charge in [0.2, 0.25) is 5.91 Å². The van der Waals surface area contributed by atoms with Crippen LogP contribution in [-0.4, -0.2) is 16.9 Å². The van der Waals surface area contributed by atoms with Gasteiger partial charge in [-0.1, -0.05) is 42.5 Å². The largest absolute Gasteiger partial charge is 0.358 e. The van der Waals surface area contributed by atoms with Crippen LogP contribution in [0.4, 0.5) is 0 Å². The van der Waals surface area contributed by atoms with E-state index in [0.29, 0.717) is 6.42 Å². The maximum absolute atomic E-state index is 12.4. The van der Waals surface area contributed by atoms with Crippen molar-refractivity contribution in [1.82, 2.24) is 10.3 Å². The van der Waals surface area contributed by atoms with Crippen LogP contribution >= 0.6 is 0 Å². The zero-order valence-corrected chi connectivity index (χ0v) is 13.2. The van der Waals surface area contributed by atoms with Crippen LogP contribution in [0.15, 0.2) is 60.3 Å². The minimum Gasteiger partial charge on any atom is -0.358 e. The van der Waals surface area contributed by atoms with Crippen LogP contribution in [-0.2, 0) is 11.2 Å². The number of aryl methyl sites for hydroxylation is 1. The molecule has 0 aliphatic heterocycles. The minimum absolute atomic E-state index is 0.160. The normalized spacial score (nSPS) is 15.3. The fourth-order valence-corrected chi connectivity index (χ4v) is 2.82. The standard InChI is InChI=1S/C19H21N3O/c1-13-16(15-10-6-7-11-18(15)21-13)12-17(20)19(23)22-14-8-4-2-3-5-9-14/h2-4,6-11,17,21H,5,12,20H2,1H3,(H,22,23)/t17-/m0/s1. The lowest BCUT2D eigenvalue weighted by Gasteiger charge is -2.13. The van der Waals surface area contributed by atoms with Crippen molar-refractivity contribution in [2.24, 2.45) is 5.73 Å². The van der Waals surface area contributed by atoms with Gasteiger partial charge in [-0.3, -0.25) is 4.79 Å². The van der Waals surface area contributed by atoms with Crippen LogP contribution in [0, 0.1) is 6.92 Å². The second kappa shape index (κ2) is 6.67. The smallest absolute Gasteiger partial charge is 0.241 e. The Morgan fingerprint density at radius 1 is 1.35 bits per heavy atom. The molecule has 1 heterocycles. The summed E-state index contributed by atoms with van der Waals surface area (Å²) < 4.78 is 0. The monoisotopic (exact) mass is 307 g/mol. The van der Waals surface area contributed by atoms with Crippen molar-refractivity contribution >= 4 is 16.8 Å². The molecule has 1 aromatic heterocycles. The second-order valence-corrected chi connectivity index (χ2v) is 5.76. The fraction of sp³-hybridized carbons (Fsp3) is 0.211. The first-order chi connectivity index (χ1) is 11.1. The Bertz CT molecular complexity index is 811. The van der Waals surface area contributed by atoms with Crippen molar-refractivity contribution in [2.75, 3.05) is 0 Å². The summed E-state index contributed by atoms with van der Waals surface area (Å²) in [5, 5.41) is 4.03. The van der Waals surface area contributed by atoms with Gasteiger partial charge in [0.25, 0.3) is 0 Å². The Hall–Kier alpha value is -2.59. The quantitative estimate of drug-likeness (QED) is 0.813. The van der Waals surface area contributed by atoms with Crippen LogP contribution < -0.4 is 11.1 Å². The molecule has 3 rings (SSSR count). The Morgan fingerprint density at radius 3 is 3.04 bits per heavy atom. The predicted octanol–water partition coefficient (Wildman–Crippen LogP) is 2.86. The SMILES string of the molecule is Cc1[nH]c2ccccc2c1C[C@H](N)C(=O)NC1=CCC=CC=C1. The van der Waals surface area contributed by atoms with Gasteiger partial charge in [0.1, 0.15) is 0 Å². The zero-order valence-electron chi connectivity index (χ0n) is 13.2. The van der Waals surface area contributed by atoms with E-state index in [0.717, 1.165) is 34.3 Å². The van der Waals surface area contributed by atoms with Crippen LogP contribution in [0.1, 0.15) is 17.7 Å². The Labute approximate surface area is 135 Å². The zero-order chi connectivity index (χ0) is 16.2. The van der Waals surface area contributed by atoms with E-state index < -0.39 is 6.04 Å². The second-order valence-electron chi connectivity index (χ2n) is 5.76. The Morgan fingerprint density at radius 2 is 2.17 bits per heavy atom. The molecule has 0 unspecified atom stereocenters. The number of amides is 1. The van der Waals surface area contributed by atoms with Gasteiger partial charge in [0.05, 0.1) is 6.04 Å². The van der Waals surface area contributed by atoms with Gasteiger partial charge in [-0.25, -0.2) is 0 Å². The minimum atomic E-state index is -0.585. The molecule has 0 radical (unpaired) electrons. The summed E-state index contributed by atoms with van der Waals surface area (Å²) in [5.74, 6) is -0.160. The van der Waals surface area contributed by atoms with Crippen molar-refractivity contribution in [3.63, 3.8) is 0 Å². The van der Waals surface area contributed by atoms with E-state index in [2.05, 4.69) is 16.4 Å². The van der Waals surface area contributed by atoms with Gasteiger partial charge < -0.3 is 16.0 Å². The molecule has 0 saturated heterocycles.